The van der Waals surface area contributed by atoms with Crippen molar-refractivity contribution in [3.05, 3.63) is 101 Å². The van der Waals surface area contributed by atoms with Crippen LogP contribution in [-0.2, 0) is 36.8 Å². The summed E-state index contributed by atoms with van der Waals surface area (Å²) in [4.78, 5) is 65.9. The van der Waals surface area contributed by atoms with Crippen LogP contribution in [0.4, 0.5) is 5.69 Å². The van der Waals surface area contributed by atoms with E-state index in [0.717, 1.165) is 18.4 Å². The van der Waals surface area contributed by atoms with E-state index in [1.807, 2.05) is 30.3 Å². The highest BCUT2D eigenvalue weighted by atomic mass is 35.5. The van der Waals surface area contributed by atoms with Crippen LogP contribution in [0.5, 0.6) is 0 Å². The number of carboxylic acids is 2. The Morgan fingerprint density at radius 1 is 0.885 bits per heavy atom. The number of rotatable bonds is 15. The molecule has 0 radical (unpaired) electrons. The number of nitrogens with one attached hydrogen (secondary N) is 2. The van der Waals surface area contributed by atoms with E-state index in [1.54, 1.807) is 58.3 Å². The van der Waals surface area contributed by atoms with E-state index in [-0.39, 0.29) is 31.1 Å². The molecule has 3 aromatic rings. The number of anilines is 1. The molecule has 1 saturated heterocycles. The summed E-state index contributed by atoms with van der Waals surface area (Å²) in [6.07, 6.45) is 1.00. The number of halogens is 1. The smallest absolute Gasteiger partial charge is 0.326 e. The maximum atomic E-state index is 13.8. The molecule has 3 amide bonds. The zero-order valence-corrected chi connectivity index (χ0v) is 29.8. The van der Waals surface area contributed by atoms with Crippen LogP contribution >= 0.6 is 11.6 Å². The first kappa shape index (κ1) is 38.3. The molecule has 2 fully saturated rings. The molecule has 1 aliphatic heterocycles. The van der Waals surface area contributed by atoms with Crippen molar-refractivity contribution in [2.24, 2.45) is 5.41 Å². The second kappa shape index (κ2) is 17.1. The second-order valence-corrected chi connectivity index (χ2v) is 14.1. The van der Waals surface area contributed by atoms with Crippen LogP contribution < -0.4 is 15.5 Å². The topological polar surface area (TPSA) is 177 Å². The predicted molar refractivity (Wildman–Crippen MR) is 194 cm³/mol. The Balaban J connectivity index is 1.42. The van der Waals surface area contributed by atoms with E-state index >= 15 is 0 Å². The Kier molecular flexibility index (Phi) is 12.6. The van der Waals surface area contributed by atoms with Gasteiger partial charge in [0.25, 0.3) is 0 Å². The molecule has 4 atom stereocenters. The largest absolute Gasteiger partial charge is 0.481 e. The summed E-state index contributed by atoms with van der Waals surface area (Å²) in [7, 11) is 0. The van der Waals surface area contributed by atoms with Crippen molar-refractivity contribution in [1.82, 2.24) is 15.5 Å². The summed E-state index contributed by atoms with van der Waals surface area (Å²) >= 11 is 6.22. The fraction of sp³-hybridized carbons (Fsp3) is 0.410. The summed E-state index contributed by atoms with van der Waals surface area (Å²) in [5.41, 5.74) is 1.96. The molecule has 1 saturated carbocycles. The van der Waals surface area contributed by atoms with Crippen LogP contribution in [-0.4, -0.2) is 74.7 Å². The third kappa shape index (κ3) is 9.10. The maximum absolute atomic E-state index is 13.8. The van der Waals surface area contributed by atoms with Crippen LogP contribution in [0.25, 0.3) is 0 Å². The van der Waals surface area contributed by atoms with Crippen molar-refractivity contribution in [3.8, 4) is 0 Å². The van der Waals surface area contributed by atoms with Gasteiger partial charge in [0, 0.05) is 37.0 Å². The number of benzene rings is 3. The zero-order chi connectivity index (χ0) is 37.4. The van der Waals surface area contributed by atoms with E-state index in [4.69, 9.17) is 11.6 Å². The molecule has 2 aliphatic rings. The molecule has 1 heterocycles. The quantitative estimate of drug-likeness (QED) is 0.149. The number of aliphatic hydroxyl groups excluding tert-OH is 1. The predicted octanol–water partition coefficient (Wildman–Crippen LogP) is 4.68. The Morgan fingerprint density at radius 3 is 2.13 bits per heavy atom. The summed E-state index contributed by atoms with van der Waals surface area (Å²) < 4.78 is 0. The number of amides is 3. The van der Waals surface area contributed by atoms with E-state index in [1.165, 1.54) is 6.92 Å². The van der Waals surface area contributed by atoms with Crippen LogP contribution in [0.3, 0.4) is 0 Å². The first-order valence-electron chi connectivity index (χ1n) is 17.5. The van der Waals surface area contributed by atoms with Gasteiger partial charge >= 0.3 is 11.9 Å². The van der Waals surface area contributed by atoms with Crippen LogP contribution in [0.1, 0.15) is 74.7 Å². The number of carboxylic acid groups (broad SMARTS) is 2. The summed E-state index contributed by atoms with van der Waals surface area (Å²) in [6.45, 7) is 1.74. The number of aliphatic hydroxyl groups is 1. The highest BCUT2D eigenvalue weighted by Gasteiger charge is 2.49. The van der Waals surface area contributed by atoms with E-state index < -0.39 is 47.7 Å². The number of nitrogens with zero attached hydrogens (tertiary/aromatic N) is 2. The van der Waals surface area contributed by atoms with Gasteiger partial charge in [-0.05, 0) is 66.6 Å². The van der Waals surface area contributed by atoms with Crippen LogP contribution in [0, 0.1) is 5.41 Å². The Morgan fingerprint density at radius 2 is 1.54 bits per heavy atom. The minimum Gasteiger partial charge on any atom is -0.481 e. The minimum absolute atomic E-state index is 0.00271. The number of hydrogen-bond acceptors (Lipinski definition) is 7. The van der Waals surface area contributed by atoms with E-state index in [2.05, 4.69) is 10.6 Å². The van der Waals surface area contributed by atoms with E-state index in [0.29, 0.717) is 54.1 Å². The highest BCUT2D eigenvalue weighted by molar-refractivity contribution is 6.30. The van der Waals surface area contributed by atoms with Gasteiger partial charge in [-0.3, -0.25) is 19.2 Å². The average Bonchev–Trinajstić information content (AvgIpc) is 3.71. The molecule has 13 heteroatoms. The summed E-state index contributed by atoms with van der Waals surface area (Å²) in [5, 5.41) is 37.5. The first-order chi connectivity index (χ1) is 24.9. The van der Waals surface area contributed by atoms with Gasteiger partial charge in [0.2, 0.25) is 17.7 Å². The van der Waals surface area contributed by atoms with Crippen molar-refractivity contribution in [1.29, 1.82) is 0 Å². The molecule has 5 N–H and O–H groups in total. The van der Waals surface area contributed by atoms with Crippen molar-refractivity contribution in [3.63, 3.8) is 0 Å². The third-order valence-corrected chi connectivity index (χ3v) is 10.4. The lowest BCUT2D eigenvalue weighted by Gasteiger charge is -2.33. The SMILES string of the molecule is CC(=O)NCCC1(C(=O)NC(Cc2ccc(N3C(c4ccc(Cl)cc4)N(C(=O)CCC(=O)O)[C@H](Cc4ccccc4)[C@H]3O)cc2)C(=O)O)CCCC1. The van der Waals surface area contributed by atoms with Crippen molar-refractivity contribution >= 4 is 46.9 Å². The Bertz CT molecular complexity index is 1730. The van der Waals surface area contributed by atoms with Gasteiger partial charge in [-0.2, -0.15) is 0 Å². The standard InChI is InChI=1S/C39H45ClN4O8/c1-25(45)41-22-21-39(19-5-6-20-39)38(52)42-31(37(50)51)23-27-9-15-30(16-10-27)43-35(28-11-13-29(40)14-12-28)44(33(46)17-18-34(47)48)32(36(43)49)24-26-7-3-2-4-8-26/h2-4,7-16,31-32,35-36,49H,5-6,17-24H2,1H3,(H,41,45)(H,42,52)(H,47,48)(H,50,51)/t31?,32-,35?,36-/m1/s1. The van der Waals surface area contributed by atoms with Crippen LogP contribution in [0.15, 0.2) is 78.9 Å². The lowest BCUT2D eigenvalue weighted by molar-refractivity contribution is -0.144. The van der Waals surface area contributed by atoms with Crippen molar-refractivity contribution in [2.75, 3.05) is 11.4 Å². The number of carbonyl (C=O) groups excluding carboxylic acids is 3. The fourth-order valence-electron chi connectivity index (χ4n) is 7.43. The molecule has 0 spiro atoms. The van der Waals surface area contributed by atoms with Gasteiger partial charge < -0.3 is 35.8 Å². The molecule has 0 bridgehead atoms. The number of hydrogen-bond donors (Lipinski definition) is 5. The molecular formula is C39H45ClN4O8. The first-order valence-corrected chi connectivity index (χ1v) is 17.9. The van der Waals surface area contributed by atoms with Gasteiger partial charge in [-0.1, -0.05) is 79.0 Å². The van der Waals surface area contributed by atoms with Crippen molar-refractivity contribution in [2.45, 2.75) is 89.2 Å². The lowest BCUT2D eigenvalue weighted by atomic mass is 9.81. The summed E-state index contributed by atoms with van der Waals surface area (Å²) in [5.74, 6) is -3.24. The Hall–Kier alpha value is -4.94. The Labute approximate surface area is 307 Å². The van der Waals surface area contributed by atoms with Gasteiger partial charge in [-0.25, -0.2) is 4.79 Å². The van der Waals surface area contributed by atoms with Gasteiger partial charge in [-0.15, -0.1) is 0 Å². The molecule has 276 valence electrons. The number of carbonyl (C=O) groups is 5. The molecular weight excluding hydrogens is 688 g/mol. The molecule has 0 aromatic heterocycles. The molecule has 1 aliphatic carbocycles. The molecule has 2 unspecified atom stereocenters. The average molecular weight is 733 g/mol. The van der Waals surface area contributed by atoms with Gasteiger partial charge in [0.05, 0.1) is 17.9 Å². The van der Waals surface area contributed by atoms with Gasteiger partial charge in [0.15, 0.2) is 0 Å². The number of aliphatic carboxylic acids is 2. The third-order valence-electron chi connectivity index (χ3n) is 10.1. The molecule has 52 heavy (non-hydrogen) atoms. The molecule has 3 aromatic carbocycles. The highest BCUT2D eigenvalue weighted by Crippen LogP contribution is 2.43. The second-order valence-electron chi connectivity index (χ2n) is 13.7. The monoisotopic (exact) mass is 732 g/mol. The molecule has 5 rings (SSSR count). The fourth-order valence-corrected chi connectivity index (χ4v) is 7.56. The normalized spacial score (nSPS) is 19.9. The van der Waals surface area contributed by atoms with Gasteiger partial charge in [0.1, 0.15) is 18.4 Å². The summed E-state index contributed by atoms with van der Waals surface area (Å²) in [6, 6.07) is 21.3. The van der Waals surface area contributed by atoms with Crippen LogP contribution in [0.2, 0.25) is 5.02 Å². The minimum atomic E-state index is -1.20. The zero-order valence-electron chi connectivity index (χ0n) is 29.0. The van der Waals surface area contributed by atoms with Crippen molar-refractivity contribution < 1.29 is 39.3 Å². The lowest BCUT2D eigenvalue weighted by Crippen LogP contribution is -2.49. The maximum Gasteiger partial charge on any atom is 0.326 e. The van der Waals surface area contributed by atoms with E-state index in [9.17, 15) is 39.3 Å². The molecule has 12 nitrogen and oxygen atoms in total.